The lowest BCUT2D eigenvalue weighted by Crippen LogP contribution is -2.37. The zero-order chi connectivity index (χ0) is 28.0. The summed E-state index contributed by atoms with van der Waals surface area (Å²) in [7, 11) is 0. The normalized spacial score (nSPS) is 19.6. The Hall–Kier alpha value is -3.39. The fourth-order valence-corrected chi connectivity index (χ4v) is 4.26. The van der Waals surface area contributed by atoms with E-state index in [4.69, 9.17) is 4.74 Å². The van der Waals surface area contributed by atoms with Crippen LogP contribution in [0, 0.1) is 0 Å². The highest BCUT2D eigenvalue weighted by atomic mass is 19.4. The van der Waals surface area contributed by atoms with Crippen LogP contribution in [0.2, 0.25) is 0 Å². The van der Waals surface area contributed by atoms with Crippen LogP contribution in [0.3, 0.4) is 0 Å². The molecule has 2 aromatic carbocycles. The molecule has 0 aromatic heterocycles. The molecule has 1 N–H and O–H groups in total. The highest BCUT2D eigenvalue weighted by Gasteiger charge is 2.42. The number of aryl methyl sites for hydroxylation is 1. The van der Waals surface area contributed by atoms with E-state index in [1.165, 1.54) is 13.0 Å². The standard InChI is InChI=1S/C30H34F3NO4/c1-28(2,3)37-26(35)17-19-34-27(36)23-13-10-21(11-14-23)12-15-25-20-24(22-8-6-5-7-9-22)16-18-29(25,4)38-30(31,32)33/h5-11,13-14,16,18,20,24H,12,15,17,19H2,1-4H3,(H,34,36). The average Bonchev–Trinajstić information content (AvgIpc) is 2.82. The van der Waals surface area contributed by atoms with E-state index >= 15 is 0 Å². The van der Waals surface area contributed by atoms with E-state index in [1.807, 2.05) is 36.4 Å². The first-order chi connectivity index (χ1) is 17.7. The van der Waals surface area contributed by atoms with E-state index in [1.54, 1.807) is 51.1 Å². The minimum absolute atomic E-state index is 0.0629. The Balaban J connectivity index is 1.63. The maximum Gasteiger partial charge on any atom is 0.523 e. The summed E-state index contributed by atoms with van der Waals surface area (Å²) in [5, 5.41) is 2.69. The zero-order valence-corrected chi connectivity index (χ0v) is 22.1. The minimum Gasteiger partial charge on any atom is -0.460 e. The lowest BCUT2D eigenvalue weighted by Gasteiger charge is -2.34. The van der Waals surface area contributed by atoms with E-state index in [0.717, 1.165) is 11.1 Å². The van der Waals surface area contributed by atoms with Gasteiger partial charge >= 0.3 is 12.3 Å². The van der Waals surface area contributed by atoms with Crippen LogP contribution < -0.4 is 5.32 Å². The smallest absolute Gasteiger partial charge is 0.460 e. The molecule has 3 rings (SSSR count). The number of ether oxygens (including phenoxy) is 2. The van der Waals surface area contributed by atoms with Crippen LogP contribution in [0.4, 0.5) is 13.2 Å². The first kappa shape index (κ1) is 29.2. The molecular weight excluding hydrogens is 495 g/mol. The molecule has 0 spiro atoms. The third kappa shape index (κ3) is 8.87. The van der Waals surface area contributed by atoms with E-state index < -0.39 is 23.5 Å². The van der Waals surface area contributed by atoms with Crippen molar-refractivity contribution >= 4 is 11.9 Å². The van der Waals surface area contributed by atoms with Crippen molar-refractivity contribution in [3.63, 3.8) is 0 Å². The predicted molar refractivity (Wildman–Crippen MR) is 140 cm³/mol. The summed E-state index contributed by atoms with van der Waals surface area (Å²) in [5.41, 5.74) is 0.632. The van der Waals surface area contributed by atoms with Gasteiger partial charge in [0.1, 0.15) is 11.2 Å². The van der Waals surface area contributed by atoms with Gasteiger partial charge in [-0.15, -0.1) is 13.2 Å². The number of esters is 1. The van der Waals surface area contributed by atoms with Gasteiger partial charge in [0.2, 0.25) is 0 Å². The van der Waals surface area contributed by atoms with Crippen LogP contribution in [-0.4, -0.2) is 36.0 Å². The zero-order valence-electron chi connectivity index (χ0n) is 22.1. The van der Waals surface area contributed by atoms with Crippen LogP contribution in [0.5, 0.6) is 0 Å². The first-order valence-electron chi connectivity index (χ1n) is 12.6. The second-order valence-corrected chi connectivity index (χ2v) is 10.4. The van der Waals surface area contributed by atoms with E-state index in [9.17, 15) is 22.8 Å². The highest BCUT2D eigenvalue weighted by molar-refractivity contribution is 5.94. The molecule has 204 valence electrons. The quantitative estimate of drug-likeness (QED) is 0.292. The van der Waals surface area contributed by atoms with E-state index in [0.29, 0.717) is 24.0 Å². The topological polar surface area (TPSA) is 64.6 Å². The number of allylic oxidation sites excluding steroid dienone is 2. The van der Waals surface area contributed by atoms with Crippen LogP contribution in [-0.2, 0) is 20.7 Å². The van der Waals surface area contributed by atoms with Gasteiger partial charge in [-0.25, -0.2) is 0 Å². The predicted octanol–water partition coefficient (Wildman–Crippen LogP) is 6.66. The molecule has 2 unspecified atom stereocenters. The number of carbonyl (C=O) groups excluding carboxylic acids is 2. The number of amides is 1. The molecule has 1 aliphatic rings. The maximum absolute atomic E-state index is 13.2. The van der Waals surface area contributed by atoms with Gasteiger partial charge < -0.3 is 10.1 Å². The first-order valence-corrected chi connectivity index (χ1v) is 12.6. The Morgan fingerprint density at radius 1 is 0.974 bits per heavy atom. The summed E-state index contributed by atoms with van der Waals surface area (Å²) in [5.74, 6) is -0.865. The summed E-state index contributed by atoms with van der Waals surface area (Å²) in [6, 6.07) is 16.4. The third-order valence-electron chi connectivity index (χ3n) is 6.09. The summed E-state index contributed by atoms with van der Waals surface area (Å²) in [4.78, 5) is 24.2. The minimum atomic E-state index is -4.78. The number of hydrogen-bond acceptors (Lipinski definition) is 4. The molecule has 2 aromatic rings. The molecule has 0 heterocycles. The molecule has 0 radical (unpaired) electrons. The van der Waals surface area contributed by atoms with Gasteiger partial charge in [0, 0.05) is 18.0 Å². The molecule has 0 fully saturated rings. The average molecular weight is 530 g/mol. The van der Waals surface area contributed by atoms with Gasteiger partial charge in [-0.05, 0) is 69.4 Å². The molecule has 0 saturated heterocycles. The molecule has 8 heteroatoms. The molecular formula is C30H34F3NO4. The summed E-state index contributed by atoms with van der Waals surface area (Å²) in [6.07, 6.45) is 1.16. The summed E-state index contributed by atoms with van der Waals surface area (Å²) < 4.78 is 49.4. The van der Waals surface area contributed by atoms with Crippen LogP contribution >= 0.6 is 0 Å². The Kier molecular flexibility index (Phi) is 9.20. The van der Waals surface area contributed by atoms with Crippen LogP contribution in [0.1, 0.15) is 67.9 Å². The SMILES string of the molecule is CC(C)(C)OC(=O)CCNC(=O)c1ccc(CCC2=CC(c3ccccc3)C=CC2(C)OC(F)(F)F)cc1. The van der Waals surface area contributed by atoms with Crippen molar-refractivity contribution < 1.29 is 32.2 Å². The van der Waals surface area contributed by atoms with Crippen molar-refractivity contribution in [3.05, 3.63) is 95.1 Å². The second-order valence-electron chi connectivity index (χ2n) is 10.4. The number of hydrogen-bond donors (Lipinski definition) is 1. The second kappa shape index (κ2) is 12.0. The lowest BCUT2D eigenvalue weighted by atomic mass is 9.80. The Labute approximate surface area is 221 Å². The van der Waals surface area contributed by atoms with Crippen molar-refractivity contribution in [2.45, 2.75) is 70.4 Å². The van der Waals surface area contributed by atoms with Gasteiger partial charge in [-0.3, -0.25) is 14.3 Å². The Morgan fingerprint density at radius 2 is 1.63 bits per heavy atom. The number of halogens is 3. The fourth-order valence-electron chi connectivity index (χ4n) is 4.26. The number of rotatable bonds is 9. The summed E-state index contributed by atoms with van der Waals surface area (Å²) in [6.45, 7) is 6.90. The van der Waals surface area contributed by atoms with Crippen molar-refractivity contribution in [1.29, 1.82) is 0 Å². The largest absolute Gasteiger partial charge is 0.523 e. The molecule has 38 heavy (non-hydrogen) atoms. The van der Waals surface area contributed by atoms with Crippen molar-refractivity contribution in [3.8, 4) is 0 Å². The molecule has 2 atom stereocenters. The summed E-state index contributed by atoms with van der Waals surface area (Å²) >= 11 is 0. The number of carbonyl (C=O) groups is 2. The Morgan fingerprint density at radius 3 is 2.24 bits per heavy atom. The third-order valence-corrected chi connectivity index (χ3v) is 6.09. The van der Waals surface area contributed by atoms with E-state index in [2.05, 4.69) is 10.1 Å². The van der Waals surface area contributed by atoms with Crippen LogP contribution in [0.15, 0.2) is 78.4 Å². The van der Waals surface area contributed by atoms with Gasteiger partial charge in [0.05, 0.1) is 6.42 Å². The fraction of sp³-hybridized carbons (Fsp3) is 0.400. The Bertz CT molecular complexity index is 1160. The van der Waals surface area contributed by atoms with Gasteiger partial charge in [0.15, 0.2) is 0 Å². The van der Waals surface area contributed by atoms with Gasteiger partial charge in [-0.1, -0.05) is 60.7 Å². The van der Waals surface area contributed by atoms with Crippen LogP contribution in [0.25, 0.3) is 0 Å². The van der Waals surface area contributed by atoms with Gasteiger partial charge in [-0.2, -0.15) is 0 Å². The molecule has 0 bridgehead atoms. The molecule has 0 saturated carbocycles. The molecule has 1 amide bonds. The lowest BCUT2D eigenvalue weighted by molar-refractivity contribution is -0.350. The van der Waals surface area contributed by atoms with Crippen molar-refractivity contribution in [2.24, 2.45) is 0 Å². The highest BCUT2D eigenvalue weighted by Crippen LogP contribution is 2.39. The maximum atomic E-state index is 13.2. The molecule has 5 nitrogen and oxygen atoms in total. The number of nitrogens with one attached hydrogen (secondary N) is 1. The van der Waals surface area contributed by atoms with Crippen molar-refractivity contribution in [2.75, 3.05) is 6.54 Å². The number of benzene rings is 2. The van der Waals surface area contributed by atoms with Crippen molar-refractivity contribution in [1.82, 2.24) is 5.32 Å². The number of alkyl halides is 3. The monoisotopic (exact) mass is 529 g/mol. The molecule has 0 aliphatic heterocycles. The van der Waals surface area contributed by atoms with Gasteiger partial charge in [0.25, 0.3) is 5.91 Å². The molecule has 1 aliphatic carbocycles. The van der Waals surface area contributed by atoms with E-state index in [-0.39, 0.29) is 24.8 Å².